The summed E-state index contributed by atoms with van der Waals surface area (Å²) >= 11 is 0. The first-order valence-corrected chi connectivity index (χ1v) is 23.8. The van der Waals surface area contributed by atoms with Crippen LogP contribution in [0.5, 0.6) is 0 Å². The molecular formula is C52H91NO3. The molecule has 4 heteroatoms. The number of carbonyl (C=O) groups excluding carboxylic acids is 1. The number of unbranched alkanes of at least 4 members (excludes halogenated alkanes) is 21. The highest BCUT2D eigenvalue weighted by Gasteiger charge is 2.20. The third kappa shape index (κ3) is 42.7. The van der Waals surface area contributed by atoms with Gasteiger partial charge >= 0.3 is 0 Å². The van der Waals surface area contributed by atoms with Gasteiger partial charge in [0.15, 0.2) is 0 Å². The van der Waals surface area contributed by atoms with Gasteiger partial charge in [0.25, 0.3) is 0 Å². The lowest BCUT2D eigenvalue weighted by molar-refractivity contribution is -0.123. The van der Waals surface area contributed by atoms with Crippen LogP contribution in [0.1, 0.15) is 219 Å². The maximum atomic E-state index is 12.3. The molecule has 0 saturated carbocycles. The molecule has 0 aliphatic heterocycles. The molecule has 0 aromatic carbocycles. The molecule has 0 bridgehead atoms. The van der Waals surface area contributed by atoms with Crippen LogP contribution >= 0.6 is 0 Å². The minimum Gasteiger partial charge on any atom is -0.394 e. The topological polar surface area (TPSA) is 69.6 Å². The van der Waals surface area contributed by atoms with E-state index in [1.54, 1.807) is 0 Å². The van der Waals surface area contributed by atoms with E-state index in [9.17, 15) is 15.0 Å². The largest absolute Gasteiger partial charge is 0.394 e. The Hall–Kier alpha value is -2.43. The maximum Gasteiger partial charge on any atom is 0.220 e. The van der Waals surface area contributed by atoms with Crippen LogP contribution in [0.2, 0.25) is 0 Å². The van der Waals surface area contributed by atoms with Crippen LogP contribution in [0.25, 0.3) is 0 Å². The molecule has 0 spiro atoms. The smallest absolute Gasteiger partial charge is 0.220 e. The van der Waals surface area contributed by atoms with Gasteiger partial charge in [-0.1, -0.05) is 227 Å². The maximum absolute atomic E-state index is 12.3. The van der Waals surface area contributed by atoms with Crippen molar-refractivity contribution >= 4 is 5.91 Å². The number of carbonyl (C=O) groups is 1. The van der Waals surface area contributed by atoms with E-state index in [1.807, 2.05) is 0 Å². The van der Waals surface area contributed by atoms with Crippen molar-refractivity contribution in [2.45, 2.75) is 231 Å². The second-order valence-corrected chi connectivity index (χ2v) is 15.8. The number of hydrogen-bond donors (Lipinski definition) is 3. The van der Waals surface area contributed by atoms with Gasteiger partial charge in [-0.3, -0.25) is 4.79 Å². The minimum absolute atomic E-state index is 0.0387. The lowest BCUT2D eigenvalue weighted by Crippen LogP contribution is -2.45. The molecule has 2 atom stereocenters. The molecule has 0 aliphatic carbocycles. The second kappa shape index (κ2) is 46.9. The normalized spacial score (nSPS) is 13.7. The number of aliphatic hydroxyl groups excluding tert-OH is 2. The predicted octanol–water partition coefficient (Wildman–Crippen LogP) is 15.2. The Balaban J connectivity index is 3.47. The summed E-state index contributed by atoms with van der Waals surface area (Å²) < 4.78 is 0. The Bertz CT molecular complexity index is 1020. The summed E-state index contributed by atoms with van der Waals surface area (Å²) in [6.45, 7) is 4.19. The van der Waals surface area contributed by atoms with Crippen LogP contribution in [0, 0.1) is 0 Å². The fourth-order valence-corrected chi connectivity index (χ4v) is 6.81. The van der Waals surface area contributed by atoms with Crippen molar-refractivity contribution in [3.8, 4) is 0 Å². The van der Waals surface area contributed by atoms with E-state index in [-0.39, 0.29) is 12.5 Å². The summed E-state index contributed by atoms with van der Waals surface area (Å²) in [5.74, 6) is -0.0387. The average Bonchev–Trinajstić information content (AvgIpc) is 3.20. The van der Waals surface area contributed by atoms with Crippen molar-refractivity contribution in [1.29, 1.82) is 0 Å². The van der Waals surface area contributed by atoms with Crippen molar-refractivity contribution < 1.29 is 15.0 Å². The number of hydrogen-bond acceptors (Lipinski definition) is 3. The van der Waals surface area contributed by atoms with E-state index in [1.165, 1.54) is 122 Å². The van der Waals surface area contributed by atoms with Gasteiger partial charge in [0.05, 0.1) is 18.8 Å². The molecule has 0 rings (SSSR count). The highest BCUT2D eigenvalue weighted by Crippen LogP contribution is 2.15. The van der Waals surface area contributed by atoms with Crippen LogP contribution in [0.3, 0.4) is 0 Å². The third-order valence-corrected chi connectivity index (χ3v) is 10.4. The van der Waals surface area contributed by atoms with Crippen molar-refractivity contribution in [2.75, 3.05) is 6.61 Å². The van der Waals surface area contributed by atoms with Crippen LogP contribution in [-0.4, -0.2) is 34.9 Å². The summed E-state index contributed by atoms with van der Waals surface area (Å²) in [7, 11) is 0. The monoisotopic (exact) mass is 778 g/mol. The Morgan fingerprint density at radius 3 is 1.18 bits per heavy atom. The van der Waals surface area contributed by atoms with Gasteiger partial charge in [-0.15, -0.1) is 0 Å². The van der Waals surface area contributed by atoms with E-state index in [0.717, 1.165) is 70.6 Å². The summed E-state index contributed by atoms with van der Waals surface area (Å²) in [5, 5.41) is 23.0. The molecule has 0 saturated heterocycles. The molecule has 0 radical (unpaired) electrons. The number of amides is 1. The van der Waals surface area contributed by atoms with Crippen LogP contribution < -0.4 is 5.32 Å². The van der Waals surface area contributed by atoms with Gasteiger partial charge in [-0.2, -0.15) is 0 Å². The van der Waals surface area contributed by atoms with Crippen LogP contribution in [-0.2, 0) is 4.79 Å². The van der Waals surface area contributed by atoms with Crippen molar-refractivity contribution in [3.05, 3.63) is 85.1 Å². The fourth-order valence-electron chi connectivity index (χ4n) is 6.81. The summed E-state index contributed by atoms with van der Waals surface area (Å²) in [5.41, 5.74) is 0. The molecule has 4 nitrogen and oxygen atoms in total. The summed E-state index contributed by atoms with van der Waals surface area (Å²) in [6.07, 6.45) is 68.4. The number of nitrogens with one attached hydrogen (secondary N) is 1. The number of allylic oxidation sites excluding steroid dienone is 14. The first kappa shape index (κ1) is 53.6. The standard InChI is InChI=1S/C52H91NO3/c1-3-5-7-9-11-12-13-14-15-16-17-18-19-20-21-22-23-24-25-26-27-28-29-30-31-32-33-34-35-36-37-38-39-40-42-44-46-48-52(56)53-50(49-54)51(55)47-45-43-41-10-8-6-4-2/h5,7,11-12,14-15,17-18,20-21,23-24,26-27,50-51,54-55H,3-4,6,8-10,13,16,19,22,25,28-49H2,1-2H3,(H,53,56)/b7-5-,12-11-,15-14-,18-17-,21-20-,24-23-,27-26-. The summed E-state index contributed by atoms with van der Waals surface area (Å²) in [6, 6.07) is -0.536. The van der Waals surface area contributed by atoms with Gasteiger partial charge in [0, 0.05) is 6.42 Å². The molecule has 56 heavy (non-hydrogen) atoms. The molecular weight excluding hydrogens is 687 g/mol. The highest BCUT2D eigenvalue weighted by molar-refractivity contribution is 5.76. The molecule has 0 aliphatic rings. The van der Waals surface area contributed by atoms with Crippen molar-refractivity contribution in [2.24, 2.45) is 0 Å². The molecule has 3 N–H and O–H groups in total. The Morgan fingerprint density at radius 1 is 0.446 bits per heavy atom. The average molecular weight is 778 g/mol. The Kier molecular flexibility index (Phi) is 44.9. The SMILES string of the molecule is CC/C=C\C/C=C\C/C=C\C/C=C\C/C=C\C/C=C\C/C=C\CCCCCCCCCCCCCCCCCC(=O)NC(CO)C(O)CCCCCCCCC. The Labute approximate surface area is 348 Å². The Morgan fingerprint density at radius 2 is 0.786 bits per heavy atom. The molecule has 1 amide bonds. The zero-order valence-corrected chi connectivity index (χ0v) is 36.9. The van der Waals surface area contributed by atoms with E-state index < -0.39 is 12.1 Å². The zero-order valence-electron chi connectivity index (χ0n) is 36.9. The highest BCUT2D eigenvalue weighted by atomic mass is 16.3. The summed E-state index contributed by atoms with van der Waals surface area (Å²) in [4.78, 5) is 12.3. The van der Waals surface area contributed by atoms with Gasteiger partial charge in [0.2, 0.25) is 5.91 Å². The van der Waals surface area contributed by atoms with Crippen molar-refractivity contribution in [1.82, 2.24) is 5.32 Å². The number of rotatable bonds is 42. The molecule has 322 valence electrons. The van der Waals surface area contributed by atoms with Crippen LogP contribution in [0.15, 0.2) is 85.1 Å². The zero-order chi connectivity index (χ0) is 40.7. The van der Waals surface area contributed by atoms with E-state index >= 15 is 0 Å². The second-order valence-electron chi connectivity index (χ2n) is 15.8. The minimum atomic E-state index is -0.659. The molecule has 0 fully saturated rings. The van der Waals surface area contributed by atoms with Gasteiger partial charge < -0.3 is 15.5 Å². The van der Waals surface area contributed by atoms with Gasteiger partial charge in [0.1, 0.15) is 0 Å². The quantitative estimate of drug-likeness (QED) is 0.0427. The van der Waals surface area contributed by atoms with Gasteiger partial charge in [-0.25, -0.2) is 0 Å². The third-order valence-electron chi connectivity index (χ3n) is 10.4. The van der Waals surface area contributed by atoms with E-state index in [0.29, 0.717) is 12.8 Å². The van der Waals surface area contributed by atoms with E-state index in [2.05, 4.69) is 104 Å². The lowest BCUT2D eigenvalue weighted by Gasteiger charge is -2.22. The van der Waals surface area contributed by atoms with Gasteiger partial charge in [-0.05, 0) is 70.6 Å². The first-order valence-electron chi connectivity index (χ1n) is 23.8. The molecule has 0 heterocycles. The first-order chi connectivity index (χ1) is 27.7. The fraction of sp³-hybridized carbons (Fsp3) is 0.712. The molecule has 0 aromatic heterocycles. The predicted molar refractivity (Wildman–Crippen MR) is 248 cm³/mol. The van der Waals surface area contributed by atoms with E-state index in [4.69, 9.17) is 0 Å². The molecule has 0 aromatic rings. The van der Waals surface area contributed by atoms with Crippen LogP contribution in [0.4, 0.5) is 0 Å². The van der Waals surface area contributed by atoms with Crippen molar-refractivity contribution in [3.63, 3.8) is 0 Å². The molecule has 2 unspecified atom stereocenters. The number of aliphatic hydroxyl groups is 2. The lowest BCUT2D eigenvalue weighted by atomic mass is 10.0.